The summed E-state index contributed by atoms with van der Waals surface area (Å²) >= 11 is 1.42. The first-order chi connectivity index (χ1) is 11.6. The van der Waals surface area contributed by atoms with E-state index in [4.69, 9.17) is 0 Å². The van der Waals surface area contributed by atoms with Crippen LogP contribution >= 0.6 is 23.7 Å². The van der Waals surface area contributed by atoms with Gasteiger partial charge in [-0.3, -0.25) is 9.59 Å². The summed E-state index contributed by atoms with van der Waals surface area (Å²) in [6.07, 6.45) is 0.995. The number of benzene rings is 1. The molecule has 2 aromatic rings. The van der Waals surface area contributed by atoms with E-state index in [2.05, 4.69) is 10.6 Å². The number of carbonyl (C=O) groups excluding carboxylic acids is 2. The number of likely N-dealkylation sites (N-methyl/N-ethyl adjacent to an activating group) is 1. The van der Waals surface area contributed by atoms with Crippen LogP contribution in [0, 0.1) is 0 Å². The molecule has 1 aromatic carbocycles. The number of amides is 2. The second-order valence-corrected chi connectivity index (χ2v) is 6.87. The maximum absolute atomic E-state index is 12.5. The lowest BCUT2D eigenvalue weighted by atomic mass is 10.1. The lowest BCUT2D eigenvalue weighted by molar-refractivity contribution is 0.0743. The Morgan fingerprint density at radius 1 is 1.28 bits per heavy atom. The average Bonchev–Trinajstić information content (AvgIpc) is 3.32. The highest BCUT2D eigenvalue weighted by Gasteiger charge is 2.23. The van der Waals surface area contributed by atoms with Crippen LogP contribution in [0.1, 0.15) is 32.0 Å². The highest BCUT2D eigenvalue weighted by molar-refractivity contribution is 7.12. The SMILES string of the molecule is CN(C(=O)c1ccc(CNC(=O)c2cccs2)cc1)C1CCNC1.Cl. The topological polar surface area (TPSA) is 61.4 Å². The van der Waals surface area contributed by atoms with Crippen LogP contribution in [-0.4, -0.2) is 42.9 Å². The Morgan fingerprint density at radius 2 is 2.04 bits per heavy atom. The zero-order chi connectivity index (χ0) is 16.9. The summed E-state index contributed by atoms with van der Waals surface area (Å²) in [5.74, 6) is -0.0310. The number of thiophene rings is 1. The molecular weight excluding hydrogens is 358 g/mol. The predicted molar refractivity (Wildman–Crippen MR) is 103 cm³/mol. The van der Waals surface area contributed by atoms with E-state index < -0.39 is 0 Å². The average molecular weight is 380 g/mol. The van der Waals surface area contributed by atoms with Crippen molar-refractivity contribution >= 4 is 35.6 Å². The smallest absolute Gasteiger partial charge is 0.261 e. The highest BCUT2D eigenvalue weighted by Crippen LogP contribution is 2.13. The van der Waals surface area contributed by atoms with Gasteiger partial charge in [-0.05, 0) is 42.1 Å². The zero-order valence-corrected chi connectivity index (χ0v) is 15.7. The van der Waals surface area contributed by atoms with Crippen molar-refractivity contribution < 1.29 is 9.59 Å². The Hall–Kier alpha value is -1.89. The third-order valence-electron chi connectivity index (χ3n) is 4.30. The van der Waals surface area contributed by atoms with E-state index in [1.54, 1.807) is 6.07 Å². The lowest BCUT2D eigenvalue weighted by Crippen LogP contribution is -2.38. The van der Waals surface area contributed by atoms with Crippen LogP contribution in [0.2, 0.25) is 0 Å². The summed E-state index contributed by atoms with van der Waals surface area (Å²) in [5, 5.41) is 8.04. The Bertz CT molecular complexity index is 698. The molecule has 0 bridgehead atoms. The molecule has 0 saturated carbocycles. The van der Waals surface area contributed by atoms with Crippen LogP contribution in [0.3, 0.4) is 0 Å². The third-order valence-corrected chi connectivity index (χ3v) is 5.17. The number of nitrogens with one attached hydrogen (secondary N) is 2. The molecule has 134 valence electrons. The summed E-state index contributed by atoms with van der Waals surface area (Å²) in [7, 11) is 1.86. The standard InChI is InChI=1S/C18H21N3O2S.ClH/c1-21(15-8-9-19-12-15)18(23)14-6-4-13(5-7-14)11-20-17(22)16-3-2-10-24-16;/h2-7,10,15,19H,8-9,11-12H2,1H3,(H,20,22);1H. The van der Waals surface area contributed by atoms with Gasteiger partial charge in [0.25, 0.3) is 11.8 Å². The highest BCUT2D eigenvalue weighted by atomic mass is 35.5. The van der Waals surface area contributed by atoms with E-state index in [0.717, 1.165) is 25.1 Å². The van der Waals surface area contributed by atoms with Gasteiger partial charge < -0.3 is 15.5 Å². The maximum Gasteiger partial charge on any atom is 0.261 e. The molecule has 1 aliphatic heterocycles. The van der Waals surface area contributed by atoms with E-state index in [-0.39, 0.29) is 30.3 Å². The van der Waals surface area contributed by atoms with Gasteiger partial charge in [-0.2, -0.15) is 0 Å². The molecule has 1 saturated heterocycles. The van der Waals surface area contributed by atoms with Gasteiger partial charge in [0.15, 0.2) is 0 Å². The summed E-state index contributed by atoms with van der Waals surface area (Å²) < 4.78 is 0. The molecular formula is C18H22ClN3O2S. The minimum Gasteiger partial charge on any atom is -0.347 e. The van der Waals surface area contributed by atoms with Gasteiger partial charge in [-0.15, -0.1) is 23.7 Å². The summed E-state index contributed by atoms with van der Waals surface area (Å²) in [6.45, 7) is 2.27. The number of halogens is 1. The molecule has 1 aromatic heterocycles. The molecule has 25 heavy (non-hydrogen) atoms. The number of carbonyl (C=O) groups is 2. The molecule has 1 aliphatic rings. The van der Waals surface area contributed by atoms with Crippen LogP contribution in [-0.2, 0) is 6.54 Å². The molecule has 1 atom stereocenters. The van der Waals surface area contributed by atoms with Crippen LogP contribution in [0.15, 0.2) is 41.8 Å². The fraction of sp³-hybridized carbons (Fsp3) is 0.333. The first kappa shape index (κ1) is 19.4. The molecule has 0 radical (unpaired) electrons. The normalized spacial score (nSPS) is 16.1. The summed E-state index contributed by atoms with van der Waals surface area (Å²) in [5.41, 5.74) is 1.65. The monoisotopic (exact) mass is 379 g/mol. The molecule has 1 unspecified atom stereocenters. The minimum atomic E-state index is -0.0707. The number of hydrogen-bond acceptors (Lipinski definition) is 4. The van der Waals surface area contributed by atoms with Crippen LogP contribution < -0.4 is 10.6 Å². The summed E-state index contributed by atoms with van der Waals surface area (Å²) in [4.78, 5) is 26.9. The first-order valence-corrected chi connectivity index (χ1v) is 8.91. The molecule has 2 heterocycles. The second kappa shape index (κ2) is 8.99. The van der Waals surface area contributed by atoms with E-state index >= 15 is 0 Å². The molecule has 7 heteroatoms. The first-order valence-electron chi connectivity index (χ1n) is 8.03. The molecule has 0 aliphatic carbocycles. The van der Waals surface area contributed by atoms with E-state index in [9.17, 15) is 9.59 Å². The van der Waals surface area contributed by atoms with Crippen molar-refractivity contribution in [1.82, 2.24) is 15.5 Å². The van der Waals surface area contributed by atoms with Crippen molar-refractivity contribution in [3.63, 3.8) is 0 Å². The number of rotatable bonds is 5. The van der Waals surface area contributed by atoms with Crippen molar-refractivity contribution in [2.45, 2.75) is 19.0 Å². The fourth-order valence-electron chi connectivity index (χ4n) is 2.78. The molecule has 0 spiro atoms. The third kappa shape index (κ3) is 4.81. The Balaban J connectivity index is 0.00000225. The Labute approximate surface area is 157 Å². The van der Waals surface area contributed by atoms with E-state index in [1.165, 1.54) is 11.3 Å². The van der Waals surface area contributed by atoms with E-state index in [1.807, 2.05) is 47.7 Å². The van der Waals surface area contributed by atoms with Crippen molar-refractivity contribution in [2.24, 2.45) is 0 Å². The van der Waals surface area contributed by atoms with Gasteiger partial charge in [0.1, 0.15) is 0 Å². The fourth-order valence-corrected chi connectivity index (χ4v) is 3.42. The van der Waals surface area contributed by atoms with Crippen LogP contribution in [0.25, 0.3) is 0 Å². The maximum atomic E-state index is 12.5. The van der Waals surface area contributed by atoms with Crippen molar-refractivity contribution in [1.29, 1.82) is 0 Å². The van der Waals surface area contributed by atoms with Gasteiger partial charge in [0.05, 0.1) is 4.88 Å². The van der Waals surface area contributed by atoms with Crippen LogP contribution in [0.5, 0.6) is 0 Å². The number of hydrogen-bond donors (Lipinski definition) is 2. The van der Waals surface area contributed by atoms with Gasteiger partial charge in [-0.25, -0.2) is 0 Å². The molecule has 2 N–H and O–H groups in total. The van der Waals surface area contributed by atoms with Crippen LogP contribution in [0.4, 0.5) is 0 Å². The quantitative estimate of drug-likeness (QED) is 0.839. The van der Waals surface area contributed by atoms with Crippen molar-refractivity contribution in [3.8, 4) is 0 Å². The summed E-state index contributed by atoms with van der Waals surface area (Å²) in [6, 6.07) is 11.4. The molecule has 3 rings (SSSR count). The van der Waals surface area contributed by atoms with E-state index in [0.29, 0.717) is 17.0 Å². The molecule has 1 fully saturated rings. The molecule has 5 nitrogen and oxygen atoms in total. The second-order valence-electron chi connectivity index (χ2n) is 5.92. The van der Waals surface area contributed by atoms with Gasteiger partial charge in [-0.1, -0.05) is 18.2 Å². The van der Waals surface area contributed by atoms with Gasteiger partial charge in [0.2, 0.25) is 0 Å². The Kier molecular flexibility index (Phi) is 6.99. The van der Waals surface area contributed by atoms with Crippen molar-refractivity contribution in [2.75, 3.05) is 20.1 Å². The Morgan fingerprint density at radius 3 is 2.64 bits per heavy atom. The van der Waals surface area contributed by atoms with Gasteiger partial charge >= 0.3 is 0 Å². The molecule has 2 amide bonds. The van der Waals surface area contributed by atoms with Crippen molar-refractivity contribution in [3.05, 3.63) is 57.8 Å². The largest absolute Gasteiger partial charge is 0.347 e. The number of nitrogens with zero attached hydrogens (tertiary/aromatic N) is 1. The lowest BCUT2D eigenvalue weighted by Gasteiger charge is -2.23. The van der Waals surface area contributed by atoms with Gasteiger partial charge in [0, 0.05) is 31.7 Å². The minimum absolute atomic E-state index is 0. The predicted octanol–water partition coefficient (Wildman–Crippen LogP) is 2.53. The zero-order valence-electron chi connectivity index (χ0n) is 14.0.